The van der Waals surface area contributed by atoms with Gasteiger partial charge in [0.1, 0.15) is 5.82 Å². The molecule has 0 bridgehead atoms. The molecule has 9 heteroatoms. The molecule has 3 rings (SSSR count). The summed E-state index contributed by atoms with van der Waals surface area (Å²) < 4.78 is 15.6. The maximum absolute atomic E-state index is 13.9. The average molecular weight is 380 g/mol. The summed E-state index contributed by atoms with van der Waals surface area (Å²) in [6.07, 6.45) is 3.34. The van der Waals surface area contributed by atoms with E-state index in [2.05, 4.69) is 10.4 Å². The molecule has 1 N–H and O–H groups in total. The highest BCUT2D eigenvalue weighted by molar-refractivity contribution is 6.31. The molecule has 7 nitrogen and oxygen atoms in total. The van der Waals surface area contributed by atoms with Gasteiger partial charge in [-0.1, -0.05) is 11.6 Å². The summed E-state index contributed by atoms with van der Waals surface area (Å²) in [4.78, 5) is 27.9. The highest BCUT2D eigenvalue weighted by atomic mass is 35.5. The molecule has 0 radical (unpaired) electrons. The molecule has 2 aromatic rings. The lowest BCUT2D eigenvalue weighted by Crippen LogP contribution is -2.51. The summed E-state index contributed by atoms with van der Waals surface area (Å²) in [5, 5.41) is 7.19. The van der Waals surface area contributed by atoms with Crippen molar-refractivity contribution >= 4 is 29.2 Å². The molecular weight excluding hydrogens is 361 g/mol. The second-order valence-corrected chi connectivity index (χ2v) is 6.35. The average Bonchev–Trinajstić information content (AvgIpc) is 3.11. The molecular formula is C17H19ClFN5O2. The third-order valence-electron chi connectivity index (χ3n) is 4.22. The predicted octanol–water partition coefficient (Wildman–Crippen LogP) is 2.69. The predicted molar refractivity (Wildman–Crippen MR) is 95.8 cm³/mol. The Bertz CT molecular complexity index is 817. The van der Waals surface area contributed by atoms with Crippen LogP contribution in [0.5, 0.6) is 0 Å². The summed E-state index contributed by atoms with van der Waals surface area (Å²) in [5.74, 6) is -1.03. The van der Waals surface area contributed by atoms with Crippen molar-refractivity contribution in [3.63, 3.8) is 0 Å². The van der Waals surface area contributed by atoms with Crippen LogP contribution in [0.3, 0.4) is 0 Å². The summed E-state index contributed by atoms with van der Waals surface area (Å²) in [6.45, 7) is 4.05. The van der Waals surface area contributed by atoms with Crippen molar-refractivity contribution in [1.29, 1.82) is 0 Å². The van der Waals surface area contributed by atoms with Crippen molar-refractivity contribution in [3.05, 3.63) is 47.0 Å². The van der Waals surface area contributed by atoms with E-state index in [1.54, 1.807) is 22.0 Å². The van der Waals surface area contributed by atoms with Crippen LogP contribution < -0.4 is 5.32 Å². The van der Waals surface area contributed by atoms with Crippen LogP contribution in [0.15, 0.2) is 30.6 Å². The first-order valence-corrected chi connectivity index (χ1v) is 8.68. The molecule has 1 aliphatic heterocycles. The van der Waals surface area contributed by atoms with Crippen LogP contribution in [-0.2, 0) is 6.54 Å². The smallest absolute Gasteiger partial charge is 0.322 e. The van der Waals surface area contributed by atoms with E-state index >= 15 is 0 Å². The minimum atomic E-state index is -0.604. The van der Waals surface area contributed by atoms with Crippen LogP contribution in [0.1, 0.15) is 17.3 Å². The summed E-state index contributed by atoms with van der Waals surface area (Å²) in [5.41, 5.74) is 0.568. The first-order valence-electron chi connectivity index (χ1n) is 8.30. The number of nitrogens with zero attached hydrogens (tertiary/aromatic N) is 4. The number of urea groups is 1. The van der Waals surface area contributed by atoms with E-state index in [4.69, 9.17) is 11.6 Å². The Morgan fingerprint density at radius 3 is 2.58 bits per heavy atom. The number of carbonyl (C=O) groups is 2. The molecule has 1 aromatic carbocycles. The van der Waals surface area contributed by atoms with Crippen molar-refractivity contribution in [2.75, 3.05) is 31.5 Å². The van der Waals surface area contributed by atoms with Crippen LogP contribution in [-0.4, -0.2) is 57.7 Å². The lowest BCUT2D eigenvalue weighted by Gasteiger charge is -2.34. The fourth-order valence-electron chi connectivity index (χ4n) is 2.75. The second kappa shape index (κ2) is 7.74. The normalized spacial score (nSPS) is 14.4. The minimum Gasteiger partial charge on any atom is -0.335 e. The molecule has 1 saturated heterocycles. The Labute approximate surface area is 155 Å². The zero-order valence-corrected chi connectivity index (χ0v) is 15.0. The molecule has 1 aliphatic rings. The van der Waals surface area contributed by atoms with Gasteiger partial charge in [-0.25, -0.2) is 9.18 Å². The van der Waals surface area contributed by atoms with Crippen molar-refractivity contribution in [1.82, 2.24) is 19.6 Å². The van der Waals surface area contributed by atoms with Gasteiger partial charge in [0.2, 0.25) is 0 Å². The van der Waals surface area contributed by atoms with Crippen molar-refractivity contribution in [3.8, 4) is 0 Å². The number of aryl methyl sites for hydroxylation is 1. The fraction of sp³-hybridized carbons (Fsp3) is 0.353. The van der Waals surface area contributed by atoms with Crippen LogP contribution >= 0.6 is 11.6 Å². The van der Waals surface area contributed by atoms with Crippen molar-refractivity contribution in [2.24, 2.45) is 0 Å². The highest BCUT2D eigenvalue weighted by Crippen LogP contribution is 2.18. The summed E-state index contributed by atoms with van der Waals surface area (Å²) in [7, 11) is 0. The van der Waals surface area contributed by atoms with Gasteiger partial charge < -0.3 is 15.1 Å². The lowest BCUT2D eigenvalue weighted by molar-refractivity contribution is 0.0667. The second-order valence-electron chi connectivity index (χ2n) is 5.92. The number of carbonyl (C=O) groups excluding carboxylic acids is 2. The first-order chi connectivity index (χ1) is 12.5. The molecule has 0 atom stereocenters. The Kier molecular flexibility index (Phi) is 5.41. The maximum atomic E-state index is 13.9. The zero-order chi connectivity index (χ0) is 18.7. The number of piperazine rings is 1. The van der Waals surface area contributed by atoms with Gasteiger partial charge in [-0.05, 0) is 25.1 Å². The van der Waals surface area contributed by atoms with E-state index < -0.39 is 11.7 Å². The van der Waals surface area contributed by atoms with Gasteiger partial charge in [-0.2, -0.15) is 5.10 Å². The van der Waals surface area contributed by atoms with E-state index in [1.165, 1.54) is 23.1 Å². The molecule has 26 heavy (non-hydrogen) atoms. The molecule has 0 aliphatic carbocycles. The number of aromatic nitrogens is 2. The third kappa shape index (κ3) is 3.96. The first kappa shape index (κ1) is 18.2. The Morgan fingerprint density at radius 2 is 1.92 bits per heavy atom. The van der Waals surface area contributed by atoms with Crippen LogP contribution in [0, 0.1) is 5.82 Å². The van der Waals surface area contributed by atoms with E-state index in [0.29, 0.717) is 36.9 Å². The van der Waals surface area contributed by atoms with Crippen LogP contribution in [0.25, 0.3) is 0 Å². The monoisotopic (exact) mass is 379 g/mol. The van der Waals surface area contributed by atoms with E-state index in [-0.39, 0.29) is 11.6 Å². The molecule has 0 unspecified atom stereocenters. The minimum absolute atomic E-state index is 0.0534. The topological polar surface area (TPSA) is 70.5 Å². The number of amides is 3. The van der Waals surface area contributed by atoms with Gasteiger partial charge in [0.25, 0.3) is 5.91 Å². The number of hydrogen-bond donors (Lipinski definition) is 1. The number of benzene rings is 1. The van der Waals surface area contributed by atoms with Crippen molar-refractivity contribution < 1.29 is 14.0 Å². The molecule has 3 amide bonds. The highest BCUT2D eigenvalue weighted by Gasteiger charge is 2.26. The molecule has 1 fully saturated rings. The van der Waals surface area contributed by atoms with Crippen LogP contribution in [0.2, 0.25) is 5.02 Å². The number of anilines is 1. The molecule has 2 heterocycles. The van der Waals surface area contributed by atoms with Gasteiger partial charge in [-0.15, -0.1) is 0 Å². The quantitative estimate of drug-likeness (QED) is 0.891. The lowest BCUT2D eigenvalue weighted by atomic mass is 10.1. The van der Waals surface area contributed by atoms with E-state index in [0.717, 1.165) is 6.54 Å². The number of hydrogen-bond acceptors (Lipinski definition) is 3. The van der Waals surface area contributed by atoms with Gasteiger partial charge in [0, 0.05) is 43.9 Å². The maximum Gasteiger partial charge on any atom is 0.322 e. The van der Waals surface area contributed by atoms with Crippen LogP contribution in [0.4, 0.5) is 14.9 Å². The fourth-order valence-corrected chi connectivity index (χ4v) is 2.92. The molecule has 1 aromatic heterocycles. The Balaban J connectivity index is 1.57. The summed E-state index contributed by atoms with van der Waals surface area (Å²) in [6, 6.07) is 3.65. The van der Waals surface area contributed by atoms with Crippen molar-refractivity contribution in [2.45, 2.75) is 13.5 Å². The Morgan fingerprint density at radius 1 is 1.23 bits per heavy atom. The number of nitrogens with one attached hydrogen (secondary N) is 1. The van der Waals surface area contributed by atoms with Gasteiger partial charge >= 0.3 is 6.03 Å². The third-order valence-corrected chi connectivity index (χ3v) is 4.46. The largest absolute Gasteiger partial charge is 0.335 e. The van der Waals surface area contributed by atoms with Gasteiger partial charge in [-0.3, -0.25) is 9.48 Å². The summed E-state index contributed by atoms with van der Waals surface area (Å²) >= 11 is 5.85. The van der Waals surface area contributed by atoms with Gasteiger partial charge in [0.15, 0.2) is 0 Å². The van der Waals surface area contributed by atoms with Gasteiger partial charge in [0.05, 0.1) is 17.4 Å². The molecule has 138 valence electrons. The molecule has 0 saturated carbocycles. The number of halogens is 2. The van der Waals surface area contributed by atoms with E-state index in [9.17, 15) is 14.0 Å². The number of rotatable bonds is 3. The Hall–Kier alpha value is -2.61. The van der Waals surface area contributed by atoms with E-state index in [1.807, 2.05) is 6.92 Å². The zero-order valence-electron chi connectivity index (χ0n) is 14.3. The molecule has 0 spiro atoms. The standard InChI is InChI=1S/C17H19ClFN5O2/c1-2-24-11-13(10-20-24)21-17(26)23-7-5-22(6-8-23)16(25)14-9-12(18)3-4-15(14)19/h3-4,9-11H,2,5-8H2,1H3,(H,21,26). The SMILES string of the molecule is CCn1cc(NC(=O)N2CCN(C(=O)c3cc(Cl)ccc3F)CC2)cn1.